The van der Waals surface area contributed by atoms with Crippen LogP contribution in [0.4, 0.5) is 16.0 Å². The number of nitrogens with zero attached hydrogens (tertiary/aromatic N) is 5. The Morgan fingerprint density at radius 2 is 1.85 bits per heavy atom. The van der Waals surface area contributed by atoms with Gasteiger partial charge in [-0.25, -0.2) is 27.8 Å². The highest BCUT2D eigenvalue weighted by atomic mass is 32.2. The van der Waals surface area contributed by atoms with Gasteiger partial charge in [-0.15, -0.1) is 0 Å². The van der Waals surface area contributed by atoms with Crippen LogP contribution < -0.4 is 14.4 Å². The Hall–Kier alpha value is -3.62. The van der Waals surface area contributed by atoms with E-state index >= 15 is 4.39 Å². The number of anilines is 2. The monoisotopic (exact) mass is 588 g/mol. The SMILES string of the molecule is COC(=O)C1CCN(Cc2cc(F)cc3c(-c4cnc(OC)c(NS(C)(=O)=O)c4)nc(N4CCOCC4)nc23)CC1. The van der Waals surface area contributed by atoms with Gasteiger partial charge in [-0.2, -0.15) is 0 Å². The molecule has 2 saturated heterocycles. The number of esters is 1. The van der Waals surface area contributed by atoms with E-state index in [0.29, 0.717) is 92.5 Å². The van der Waals surface area contributed by atoms with E-state index in [1.54, 1.807) is 6.07 Å². The van der Waals surface area contributed by atoms with Crippen LogP contribution in [0.5, 0.6) is 5.88 Å². The summed E-state index contributed by atoms with van der Waals surface area (Å²) in [5.74, 6) is -0.238. The summed E-state index contributed by atoms with van der Waals surface area (Å²) in [6.07, 6.45) is 3.87. The van der Waals surface area contributed by atoms with E-state index in [9.17, 15) is 13.2 Å². The molecule has 12 nitrogen and oxygen atoms in total. The summed E-state index contributed by atoms with van der Waals surface area (Å²) in [4.78, 5) is 30.2. The number of piperidine rings is 1. The highest BCUT2D eigenvalue weighted by molar-refractivity contribution is 7.92. The smallest absolute Gasteiger partial charge is 0.308 e. The van der Waals surface area contributed by atoms with E-state index < -0.39 is 15.8 Å². The van der Waals surface area contributed by atoms with Crippen molar-refractivity contribution in [2.75, 3.05) is 69.5 Å². The fourth-order valence-electron chi connectivity index (χ4n) is 5.25. The summed E-state index contributed by atoms with van der Waals surface area (Å²) in [7, 11) is -0.848. The lowest BCUT2D eigenvalue weighted by molar-refractivity contribution is -0.147. The molecular weight excluding hydrogens is 555 g/mol. The van der Waals surface area contributed by atoms with E-state index in [4.69, 9.17) is 24.2 Å². The summed E-state index contributed by atoms with van der Waals surface area (Å²) in [6, 6.07) is 4.44. The molecule has 3 aromatic rings. The van der Waals surface area contributed by atoms with Crippen LogP contribution in [0.3, 0.4) is 0 Å². The number of ether oxygens (including phenoxy) is 3. The van der Waals surface area contributed by atoms with Gasteiger partial charge in [0.15, 0.2) is 0 Å². The van der Waals surface area contributed by atoms with Gasteiger partial charge in [0, 0.05) is 36.8 Å². The standard InChI is InChI=1S/C27H33FN6O6S/c1-38-25-22(32-41(3,36)37)13-18(15-29-25)23-21-14-20(28)12-19(16-33-6-4-17(5-7-33)26(35)39-2)24(21)31-27(30-23)34-8-10-40-11-9-34/h12-15,17,32H,4-11,16H2,1-3H3. The number of likely N-dealkylation sites (tertiary alicyclic amines) is 1. The van der Waals surface area contributed by atoms with E-state index in [1.807, 2.05) is 4.90 Å². The molecule has 0 atom stereocenters. The van der Waals surface area contributed by atoms with Gasteiger partial charge in [-0.3, -0.25) is 14.4 Å². The lowest BCUT2D eigenvalue weighted by Crippen LogP contribution is -2.37. The maximum Gasteiger partial charge on any atom is 0.308 e. The number of methoxy groups -OCH3 is 2. The topological polar surface area (TPSA) is 136 Å². The second-order valence-corrected chi connectivity index (χ2v) is 11.9. The largest absolute Gasteiger partial charge is 0.480 e. The van der Waals surface area contributed by atoms with Gasteiger partial charge in [-0.1, -0.05) is 0 Å². The lowest BCUT2D eigenvalue weighted by Gasteiger charge is -2.31. The Labute approximate surface area is 237 Å². The third kappa shape index (κ3) is 6.66. The van der Waals surface area contributed by atoms with Crippen LogP contribution in [0.25, 0.3) is 22.2 Å². The number of benzene rings is 1. The molecule has 1 aromatic carbocycles. The predicted octanol–water partition coefficient (Wildman–Crippen LogP) is 2.43. The van der Waals surface area contributed by atoms with Crippen molar-refractivity contribution < 1.29 is 31.8 Å². The van der Waals surface area contributed by atoms with Gasteiger partial charge in [-0.05, 0) is 49.7 Å². The number of carbonyl (C=O) groups is 1. The molecule has 0 aliphatic carbocycles. The van der Waals surface area contributed by atoms with Gasteiger partial charge in [0.25, 0.3) is 0 Å². The molecular formula is C27H33FN6O6S. The summed E-state index contributed by atoms with van der Waals surface area (Å²) < 4.78 is 57.3. The fraction of sp³-hybridized carbons (Fsp3) is 0.481. The Kier molecular flexibility index (Phi) is 8.52. The number of nitrogens with one attached hydrogen (secondary N) is 1. The first kappa shape index (κ1) is 28.9. The van der Waals surface area contributed by atoms with Gasteiger partial charge in [0.1, 0.15) is 11.5 Å². The Bertz CT molecular complexity index is 1540. The number of carbonyl (C=O) groups excluding carboxylic acids is 1. The van der Waals surface area contributed by atoms with Crippen LogP contribution in [-0.4, -0.2) is 94.1 Å². The van der Waals surface area contributed by atoms with Crippen LogP contribution in [0.2, 0.25) is 0 Å². The van der Waals surface area contributed by atoms with Gasteiger partial charge in [0.05, 0.1) is 50.8 Å². The zero-order chi connectivity index (χ0) is 29.1. The van der Waals surface area contributed by atoms with Crippen LogP contribution >= 0.6 is 0 Å². The number of aromatic nitrogens is 3. The van der Waals surface area contributed by atoms with Crippen molar-refractivity contribution in [1.82, 2.24) is 19.9 Å². The van der Waals surface area contributed by atoms with E-state index in [1.165, 1.54) is 32.5 Å². The average Bonchev–Trinajstić information content (AvgIpc) is 2.96. The fourth-order valence-corrected chi connectivity index (χ4v) is 5.80. The Balaban J connectivity index is 1.60. The van der Waals surface area contributed by atoms with Crippen molar-refractivity contribution in [2.24, 2.45) is 5.92 Å². The zero-order valence-corrected chi connectivity index (χ0v) is 24.0. The molecule has 2 aromatic heterocycles. The summed E-state index contributed by atoms with van der Waals surface area (Å²) in [5.41, 5.74) is 2.28. The minimum absolute atomic E-state index is 0.0909. The van der Waals surface area contributed by atoms with Gasteiger partial charge >= 0.3 is 5.97 Å². The molecule has 4 heterocycles. The van der Waals surface area contributed by atoms with Crippen molar-refractivity contribution in [3.8, 4) is 17.1 Å². The molecule has 2 aliphatic heterocycles. The third-order valence-corrected chi connectivity index (χ3v) is 7.85. The summed E-state index contributed by atoms with van der Waals surface area (Å²) >= 11 is 0. The normalized spacial score (nSPS) is 17.0. The van der Waals surface area contributed by atoms with Crippen molar-refractivity contribution in [3.05, 3.63) is 35.8 Å². The molecule has 220 valence electrons. The Morgan fingerprint density at radius 1 is 1.12 bits per heavy atom. The van der Waals surface area contributed by atoms with Crippen molar-refractivity contribution in [2.45, 2.75) is 19.4 Å². The summed E-state index contributed by atoms with van der Waals surface area (Å²) in [6.45, 7) is 3.98. The molecule has 0 radical (unpaired) electrons. The number of fused-ring (bicyclic) bond motifs is 1. The molecule has 2 fully saturated rings. The first-order chi connectivity index (χ1) is 19.6. The molecule has 5 rings (SSSR count). The maximum atomic E-state index is 15.1. The summed E-state index contributed by atoms with van der Waals surface area (Å²) in [5, 5.41) is 0.471. The Morgan fingerprint density at radius 3 is 2.51 bits per heavy atom. The van der Waals surface area contributed by atoms with E-state index in [0.717, 1.165) is 6.26 Å². The highest BCUT2D eigenvalue weighted by Gasteiger charge is 2.27. The first-order valence-electron chi connectivity index (χ1n) is 13.3. The molecule has 0 bridgehead atoms. The van der Waals surface area contributed by atoms with Crippen LogP contribution in [0.15, 0.2) is 24.4 Å². The van der Waals surface area contributed by atoms with Crippen molar-refractivity contribution in [1.29, 1.82) is 0 Å². The number of hydrogen-bond donors (Lipinski definition) is 1. The van der Waals surface area contributed by atoms with Gasteiger partial charge in [0.2, 0.25) is 21.9 Å². The molecule has 14 heteroatoms. The lowest BCUT2D eigenvalue weighted by atomic mass is 9.96. The quantitative estimate of drug-likeness (QED) is 0.389. The minimum Gasteiger partial charge on any atom is -0.480 e. The number of sulfonamides is 1. The zero-order valence-electron chi connectivity index (χ0n) is 23.2. The maximum absolute atomic E-state index is 15.1. The molecule has 0 unspecified atom stereocenters. The van der Waals surface area contributed by atoms with Crippen LogP contribution in [0, 0.1) is 11.7 Å². The number of hydrogen-bond acceptors (Lipinski definition) is 11. The molecule has 0 saturated carbocycles. The van der Waals surface area contributed by atoms with Crippen LogP contribution in [-0.2, 0) is 30.8 Å². The predicted molar refractivity (Wildman–Crippen MR) is 151 cm³/mol. The molecule has 1 N–H and O–H groups in total. The third-order valence-electron chi connectivity index (χ3n) is 7.26. The molecule has 0 amide bonds. The number of pyridine rings is 1. The molecule has 2 aliphatic rings. The molecule has 0 spiro atoms. The van der Waals surface area contributed by atoms with E-state index in [2.05, 4.69) is 14.6 Å². The van der Waals surface area contributed by atoms with E-state index in [-0.39, 0.29) is 23.5 Å². The number of rotatable bonds is 8. The second-order valence-electron chi connectivity index (χ2n) is 10.2. The highest BCUT2D eigenvalue weighted by Crippen LogP contribution is 2.35. The second kappa shape index (κ2) is 12.1. The van der Waals surface area contributed by atoms with Gasteiger partial charge < -0.3 is 19.1 Å². The van der Waals surface area contributed by atoms with Crippen molar-refractivity contribution >= 4 is 38.5 Å². The van der Waals surface area contributed by atoms with Crippen molar-refractivity contribution in [3.63, 3.8) is 0 Å². The minimum atomic E-state index is -3.64. The first-order valence-corrected chi connectivity index (χ1v) is 15.2. The average molecular weight is 589 g/mol. The number of halogens is 1. The van der Waals surface area contributed by atoms with Crippen LogP contribution in [0.1, 0.15) is 18.4 Å². The molecule has 41 heavy (non-hydrogen) atoms. The number of morpholine rings is 1.